The van der Waals surface area contributed by atoms with E-state index in [-0.39, 0.29) is 6.17 Å². The van der Waals surface area contributed by atoms with Gasteiger partial charge in [-0.05, 0) is 44.1 Å². The molecule has 23 heavy (non-hydrogen) atoms. The third-order valence-electron chi connectivity index (χ3n) is 4.67. The molecule has 3 aliphatic rings. The van der Waals surface area contributed by atoms with Gasteiger partial charge < -0.3 is 4.74 Å². The Kier molecular flexibility index (Phi) is 4.90. The minimum atomic E-state index is -0.409. The number of nitrogens with zero attached hydrogens (tertiary/aromatic N) is 3. The summed E-state index contributed by atoms with van der Waals surface area (Å²) in [6.45, 7) is 7.70. The molecule has 2 aliphatic heterocycles. The van der Waals surface area contributed by atoms with Crippen molar-refractivity contribution in [3.05, 3.63) is 36.1 Å². The molecule has 0 aromatic rings. The van der Waals surface area contributed by atoms with E-state index >= 15 is 0 Å². The van der Waals surface area contributed by atoms with Gasteiger partial charge >= 0.3 is 0 Å². The number of hydrogen-bond acceptors (Lipinski definition) is 5. The van der Waals surface area contributed by atoms with Gasteiger partial charge in [-0.2, -0.15) is 5.01 Å². The van der Waals surface area contributed by atoms with Gasteiger partial charge in [0, 0.05) is 18.9 Å². The van der Waals surface area contributed by atoms with Crippen LogP contribution in [0.2, 0.25) is 0 Å². The fraction of sp³-hybridized carbons (Fsp3) is 0.556. The lowest BCUT2D eigenvalue weighted by Crippen LogP contribution is -2.62. The Morgan fingerprint density at radius 1 is 1.30 bits per heavy atom. The third-order valence-corrected chi connectivity index (χ3v) is 4.67. The van der Waals surface area contributed by atoms with Gasteiger partial charge in [0.05, 0.1) is 18.0 Å². The molecule has 0 aromatic carbocycles. The minimum absolute atomic E-state index is 0.0466. The molecule has 0 radical (unpaired) electrons. The van der Waals surface area contributed by atoms with Gasteiger partial charge in [0.2, 0.25) is 0 Å². The van der Waals surface area contributed by atoms with Gasteiger partial charge in [0.15, 0.2) is 0 Å². The first-order chi connectivity index (χ1) is 11.3. The van der Waals surface area contributed by atoms with Crippen LogP contribution in [0.4, 0.5) is 0 Å². The van der Waals surface area contributed by atoms with Crippen LogP contribution in [0.3, 0.4) is 0 Å². The summed E-state index contributed by atoms with van der Waals surface area (Å²) in [5.74, 6) is 0. The number of hydrogen-bond donors (Lipinski definition) is 1. The first-order valence-corrected chi connectivity index (χ1v) is 8.58. The monoisotopic (exact) mass is 314 g/mol. The molecule has 1 spiro atoms. The molecule has 0 saturated carbocycles. The highest BCUT2D eigenvalue weighted by Crippen LogP contribution is 2.39. The van der Waals surface area contributed by atoms with Crippen molar-refractivity contribution >= 4 is 11.9 Å². The zero-order valence-electron chi connectivity index (χ0n) is 14.2. The topological polar surface area (TPSA) is 49.2 Å². The van der Waals surface area contributed by atoms with Crippen molar-refractivity contribution in [3.8, 4) is 0 Å². The predicted molar refractivity (Wildman–Crippen MR) is 94.6 cm³/mol. The summed E-state index contributed by atoms with van der Waals surface area (Å²) in [5, 5.41) is 2.25. The van der Waals surface area contributed by atoms with E-state index < -0.39 is 5.54 Å². The van der Waals surface area contributed by atoms with Crippen molar-refractivity contribution in [2.75, 3.05) is 13.2 Å². The minimum Gasteiger partial charge on any atom is -0.378 e. The summed E-state index contributed by atoms with van der Waals surface area (Å²) in [4.78, 5) is 9.53. The number of nitrogens with one attached hydrogen (secondary N) is 1. The third kappa shape index (κ3) is 2.73. The van der Waals surface area contributed by atoms with Crippen LogP contribution in [0.15, 0.2) is 46.1 Å². The Labute approximate surface area is 138 Å². The first-order valence-electron chi connectivity index (χ1n) is 8.58. The van der Waals surface area contributed by atoms with E-state index in [0.29, 0.717) is 19.3 Å². The lowest BCUT2D eigenvalue weighted by Gasteiger charge is -2.42. The fourth-order valence-electron chi connectivity index (χ4n) is 3.35. The maximum atomic E-state index is 5.68. The van der Waals surface area contributed by atoms with Crippen LogP contribution in [0, 0.1) is 0 Å². The lowest BCUT2D eigenvalue weighted by molar-refractivity contribution is 0.0171. The van der Waals surface area contributed by atoms with Gasteiger partial charge in [0.1, 0.15) is 11.7 Å². The largest absolute Gasteiger partial charge is 0.378 e. The molecular formula is C18H26N4O. The molecule has 0 saturated heterocycles. The quantitative estimate of drug-likeness (QED) is 0.786. The van der Waals surface area contributed by atoms with Gasteiger partial charge in [-0.3, -0.25) is 9.98 Å². The van der Waals surface area contributed by atoms with Crippen molar-refractivity contribution in [1.29, 1.82) is 0 Å². The van der Waals surface area contributed by atoms with Crippen molar-refractivity contribution in [3.63, 3.8) is 0 Å². The van der Waals surface area contributed by atoms with Gasteiger partial charge in [0.25, 0.3) is 0 Å². The molecule has 0 fully saturated rings. The van der Waals surface area contributed by atoms with Crippen LogP contribution in [-0.2, 0) is 4.74 Å². The van der Waals surface area contributed by atoms with E-state index in [4.69, 9.17) is 9.73 Å². The molecule has 2 atom stereocenters. The fourth-order valence-corrected chi connectivity index (χ4v) is 3.35. The van der Waals surface area contributed by atoms with Crippen LogP contribution in [-0.4, -0.2) is 47.9 Å². The number of rotatable bonds is 7. The maximum Gasteiger partial charge on any atom is 0.140 e. The number of ether oxygens (including phenoxy) is 1. The molecule has 0 aromatic heterocycles. The highest BCUT2D eigenvalue weighted by Gasteiger charge is 2.52. The summed E-state index contributed by atoms with van der Waals surface area (Å²) in [7, 11) is 0. The SMILES string of the molecule is CCOCC1N=C2C=CC=C3N=CC=CC32N1NC(CC)CC. The number of dihydropyridines is 1. The standard InChI is InChI=1S/C18H26N4O/c1-4-14(5-2)21-22-17(13-23-6-3)20-16-10-7-9-15-18(16,22)11-8-12-19-15/h7-12,14,17,21H,4-6,13H2,1-3H3. The van der Waals surface area contributed by atoms with Crippen LogP contribution < -0.4 is 5.43 Å². The molecule has 0 amide bonds. The Bertz CT molecular complexity index is 586. The van der Waals surface area contributed by atoms with E-state index in [0.717, 1.165) is 24.3 Å². The zero-order chi connectivity index (χ0) is 16.3. The number of hydrazine groups is 1. The molecule has 1 N–H and O–H groups in total. The van der Waals surface area contributed by atoms with Crippen molar-refractivity contribution in [2.24, 2.45) is 9.98 Å². The zero-order valence-corrected chi connectivity index (χ0v) is 14.2. The van der Waals surface area contributed by atoms with Crippen LogP contribution >= 0.6 is 0 Å². The van der Waals surface area contributed by atoms with Crippen LogP contribution in [0.1, 0.15) is 33.6 Å². The molecule has 124 valence electrons. The molecule has 2 unspecified atom stereocenters. The summed E-state index contributed by atoms with van der Waals surface area (Å²) in [6.07, 6.45) is 14.3. The summed E-state index contributed by atoms with van der Waals surface area (Å²) < 4.78 is 5.68. The van der Waals surface area contributed by atoms with Gasteiger partial charge in [-0.25, -0.2) is 5.43 Å². The lowest BCUT2D eigenvalue weighted by atomic mass is 9.84. The van der Waals surface area contributed by atoms with E-state index in [9.17, 15) is 0 Å². The second-order valence-corrected chi connectivity index (χ2v) is 5.98. The molecule has 2 heterocycles. The smallest absolute Gasteiger partial charge is 0.140 e. The molecule has 5 heteroatoms. The van der Waals surface area contributed by atoms with E-state index in [1.807, 2.05) is 25.3 Å². The van der Waals surface area contributed by atoms with E-state index in [1.54, 1.807) is 0 Å². The number of aliphatic imine (C=N–C) groups is 2. The summed E-state index contributed by atoms with van der Waals surface area (Å²) in [5.41, 5.74) is 5.34. The second kappa shape index (κ2) is 6.91. The Morgan fingerprint density at radius 2 is 2.13 bits per heavy atom. The molecule has 1 aliphatic carbocycles. The van der Waals surface area contributed by atoms with Crippen molar-refractivity contribution in [1.82, 2.24) is 10.4 Å². The Morgan fingerprint density at radius 3 is 2.87 bits per heavy atom. The maximum absolute atomic E-state index is 5.68. The van der Waals surface area contributed by atoms with Crippen molar-refractivity contribution < 1.29 is 4.74 Å². The number of allylic oxidation sites excluding steroid dienone is 3. The molecule has 5 nitrogen and oxygen atoms in total. The molecule has 0 bridgehead atoms. The second-order valence-electron chi connectivity index (χ2n) is 5.98. The highest BCUT2D eigenvalue weighted by atomic mass is 16.5. The predicted octanol–water partition coefficient (Wildman–Crippen LogP) is 2.63. The van der Waals surface area contributed by atoms with Gasteiger partial charge in [-0.15, -0.1) is 0 Å². The first kappa shape index (κ1) is 16.3. The highest BCUT2D eigenvalue weighted by molar-refractivity contribution is 6.10. The average molecular weight is 314 g/mol. The van der Waals surface area contributed by atoms with E-state index in [2.05, 4.69) is 47.5 Å². The summed E-state index contributed by atoms with van der Waals surface area (Å²) in [6, 6.07) is 0.412. The Balaban J connectivity index is 1.97. The van der Waals surface area contributed by atoms with Crippen LogP contribution in [0.5, 0.6) is 0 Å². The average Bonchev–Trinajstić information content (AvgIpc) is 2.89. The van der Waals surface area contributed by atoms with Crippen LogP contribution in [0.25, 0.3) is 0 Å². The molecular weight excluding hydrogens is 288 g/mol. The van der Waals surface area contributed by atoms with Crippen molar-refractivity contribution in [2.45, 2.75) is 51.4 Å². The molecule has 3 rings (SSSR count). The normalized spacial score (nSPS) is 28.8. The Hall–Kier alpha value is -1.56. The summed E-state index contributed by atoms with van der Waals surface area (Å²) >= 11 is 0. The van der Waals surface area contributed by atoms with Gasteiger partial charge in [-0.1, -0.05) is 19.9 Å². The van der Waals surface area contributed by atoms with E-state index in [1.165, 1.54) is 0 Å².